The van der Waals surface area contributed by atoms with Gasteiger partial charge in [0.25, 0.3) is 0 Å². The topological polar surface area (TPSA) is 105 Å². The Balaban J connectivity index is 2.12. The first-order valence-corrected chi connectivity index (χ1v) is 11.1. The molecule has 8 nitrogen and oxygen atoms in total. The van der Waals surface area contributed by atoms with Gasteiger partial charge in [-0.15, -0.1) is 0 Å². The van der Waals surface area contributed by atoms with Crippen molar-refractivity contribution in [3.63, 3.8) is 0 Å². The number of carboxylic acids is 1. The van der Waals surface area contributed by atoms with Crippen molar-refractivity contribution >= 4 is 18.2 Å². The molecule has 1 heterocycles. The Morgan fingerprint density at radius 1 is 1.12 bits per heavy atom. The zero-order valence-corrected chi connectivity index (χ0v) is 19.7. The van der Waals surface area contributed by atoms with Crippen LogP contribution in [0.2, 0.25) is 0 Å². The van der Waals surface area contributed by atoms with Crippen LogP contribution in [0.1, 0.15) is 59.4 Å². The van der Waals surface area contributed by atoms with Gasteiger partial charge in [0.05, 0.1) is 0 Å². The van der Waals surface area contributed by atoms with Crippen molar-refractivity contribution in [2.45, 2.75) is 77.5 Å². The first-order valence-electron chi connectivity index (χ1n) is 11.1. The van der Waals surface area contributed by atoms with Crippen molar-refractivity contribution in [1.82, 2.24) is 10.2 Å². The molecule has 0 aliphatic carbocycles. The number of rotatable bonds is 7. The van der Waals surface area contributed by atoms with Gasteiger partial charge in [0.1, 0.15) is 17.2 Å². The van der Waals surface area contributed by atoms with E-state index >= 15 is 0 Å². The van der Waals surface area contributed by atoms with E-state index in [-0.39, 0.29) is 5.92 Å². The minimum atomic E-state index is -1.09. The molecule has 0 bridgehead atoms. The predicted molar refractivity (Wildman–Crippen MR) is 120 cm³/mol. The number of hydrogen-bond donors (Lipinski definition) is 2. The SMILES string of the molecule is CC(C)C[C@H](NC(=O)OC1(Cc2ccccc2)CCN(C(=O)OC(C)(C)C)CC1)C(=O)O. The molecule has 2 rings (SSSR count). The van der Waals surface area contributed by atoms with E-state index in [2.05, 4.69) is 5.32 Å². The number of carboxylic acid groups (broad SMARTS) is 1. The zero-order valence-electron chi connectivity index (χ0n) is 19.7. The van der Waals surface area contributed by atoms with Crippen LogP contribution in [0.3, 0.4) is 0 Å². The predicted octanol–water partition coefficient (Wildman–Crippen LogP) is 4.22. The van der Waals surface area contributed by atoms with E-state index in [9.17, 15) is 19.5 Å². The molecule has 1 atom stereocenters. The molecule has 1 aliphatic rings. The van der Waals surface area contributed by atoms with E-state index in [0.29, 0.717) is 38.8 Å². The van der Waals surface area contributed by atoms with Crippen molar-refractivity contribution in [2.75, 3.05) is 13.1 Å². The molecular formula is C24H36N2O6. The number of alkyl carbamates (subject to hydrolysis) is 1. The van der Waals surface area contributed by atoms with E-state index in [4.69, 9.17) is 9.47 Å². The number of ether oxygens (including phenoxy) is 2. The average molecular weight is 449 g/mol. The lowest BCUT2D eigenvalue weighted by atomic mass is 9.85. The highest BCUT2D eigenvalue weighted by molar-refractivity contribution is 5.80. The molecule has 0 spiro atoms. The monoisotopic (exact) mass is 448 g/mol. The number of carbonyl (C=O) groups is 3. The summed E-state index contributed by atoms with van der Waals surface area (Å²) in [4.78, 5) is 38.3. The third-order valence-electron chi connectivity index (χ3n) is 5.30. The maximum absolute atomic E-state index is 12.7. The Labute approximate surface area is 190 Å². The minimum absolute atomic E-state index is 0.103. The van der Waals surface area contributed by atoms with Crippen LogP contribution in [0.25, 0.3) is 0 Å². The summed E-state index contributed by atoms with van der Waals surface area (Å²) < 4.78 is 11.3. The van der Waals surface area contributed by atoms with Crippen LogP contribution in [-0.2, 0) is 20.7 Å². The fourth-order valence-corrected chi connectivity index (χ4v) is 3.77. The first-order chi connectivity index (χ1) is 14.9. The summed E-state index contributed by atoms with van der Waals surface area (Å²) in [5.41, 5.74) is -0.429. The van der Waals surface area contributed by atoms with Crippen LogP contribution in [-0.4, -0.2) is 58.5 Å². The average Bonchev–Trinajstić information content (AvgIpc) is 2.67. The lowest BCUT2D eigenvalue weighted by Gasteiger charge is -2.41. The van der Waals surface area contributed by atoms with Gasteiger partial charge in [0, 0.05) is 32.4 Å². The van der Waals surface area contributed by atoms with E-state index in [1.807, 2.05) is 65.0 Å². The maximum atomic E-state index is 12.7. The zero-order chi connectivity index (χ0) is 23.9. The summed E-state index contributed by atoms with van der Waals surface area (Å²) in [5.74, 6) is -0.987. The Kier molecular flexibility index (Phi) is 8.52. The smallest absolute Gasteiger partial charge is 0.410 e. The molecule has 0 saturated carbocycles. The van der Waals surface area contributed by atoms with Crippen LogP contribution >= 0.6 is 0 Å². The highest BCUT2D eigenvalue weighted by atomic mass is 16.6. The first kappa shape index (κ1) is 25.5. The van der Waals surface area contributed by atoms with Crippen molar-refractivity contribution in [3.8, 4) is 0 Å². The Morgan fingerprint density at radius 2 is 1.72 bits per heavy atom. The van der Waals surface area contributed by atoms with Crippen LogP contribution < -0.4 is 5.32 Å². The fourth-order valence-electron chi connectivity index (χ4n) is 3.77. The van der Waals surface area contributed by atoms with Crippen molar-refractivity contribution in [3.05, 3.63) is 35.9 Å². The Morgan fingerprint density at radius 3 is 2.22 bits per heavy atom. The molecule has 1 aromatic carbocycles. The number of hydrogen-bond acceptors (Lipinski definition) is 5. The van der Waals surface area contributed by atoms with Crippen LogP contribution in [0.15, 0.2) is 30.3 Å². The second kappa shape index (κ2) is 10.7. The third-order valence-corrected chi connectivity index (χ3v) is 5.30. The summed E-state index contributed by atoms with van der Waals surface area (Å²) in [6.45, 7) is 10.00. The second-order valence-corrected chi connectivity index (χ2v) is 9.87. The van der Waals surface area contributed by atoms with Gasteiger partial charge in [0.2, 0.25) is 0 Å². The standard InChI is InChI=1S/C24H36N2O6/c1-17(2)15-19(20(27)28)25-21(29)31-24(16-18-9-7-6-8-10-18)11-13-26(14-12-24)22(30)32-23(3,4)5/h6-10,17,19H,11-16H2,1-5H3,(H,25,29)(H,27,28)/t19-/m0/s1. The van der Waals surface area contributed by atoms with Gasteiger partial charge in [-0.25, -0.2) is 14.4 Å². The molecule has 32 heavy (non-hydrogen) atoms. The third kappa shape index (κ3) is 8.05. The lowest BCUT2D eigenvalue weighted by Crippen LogP contribution is -2.53. The summed E-state index contributed by atoms with van der Waals surface area (Å²) >= 11 is 0. The van der Waals surface area contributed by atoms with Crippen LogP contribution in [0.4, 0.5) is 9.59 Å². The summed E-state index contributed by atoms with van der Waals surface area (Å²) in [6.07, 6.45) is 0.499. The largest absolute Gasteiger partial charge is 0.480 e. The van der Waals surface area contributed by atoms with Gasteiger partial charge in [0.15, 0.2) is 0 Å². The van der Waals surface area contributed by atoms with Crippen LogP contribution in [0, 0.1) is 5.92 Å². The van der Waals surface area contributed by atoms with Crippen LogP contribution in [0.5, 0.6) is 0 Å². The molecular weight excluding hydrogens is 412 g/mol. The number of benzene rings is 1. The molecule has 178 valence electrons. The highest BCUT2D eigenvalue weighted by Gasteiger charge is 2.41. The Bertz CT molecular complexity index is 779. The number of carbonyl (C=O) groups excluding carboxylic acids is 2. The second-order valence-electron chi connectivity index (χ2n) is 9.87. The summed E-state index contributed by atoms with van der Waals surface area (Å²) in [7, 11) is 0. The van der Waals surface area contributed by atoms with Gasteiger partial charge in [-0.2, -0.15) is 0 Å². The highest BCUT2D eigenvalue weighted by Crippen LogP contribution is 2.31. The fraction of sp³-hybridized carbons (Fsp3) is 0.625. The minimum Gasteiger partial charge on any atom is -0.480 e. The number of nitrogens with one attached hydrogen (secondary N) is 1. The number of amides is 2. The molecule has 1 saturated heterocycles. The molecule has 0 aromatic heterocycles. The van der Waals surface area contributed by atoms with Crippen molar-refractivity contribution < 1.29 is 29.0 Å². The molecule has 1 aromatic rings. The molecule has 0 unspecified atom stereocenters. The Hall–Kier alpha value is -2.77. The molecule has 0 radical (unpaired) electrons. The lowest BCUT2D eigenvalue weighted by molar-refractivity contribution is -0.140. The summed E-state index contributed by atoms with van der Waals surface area (Å²) in [6, 6.07) is 8.66. The number of nitrogens with zero attached hydrogens (tertiary/aromatic N) is 1. The number of piperidine rings is 1. The van der Waals surface area contributed by atoms with E-state index in [1.165, 1.54) is 0 Å². The van der Waals surface area contributed by atoms with Crippen molar-refractivity contribution in [2.24, 2.45) is 5.92 Å². The molecule has 2 N–H and O–H groups in total. The van der Waals surface area contributed by atoms with Gasteiger partial charge < -0.3 is 24.8 Å². The molecule has 8 heteroatoms. The van der Waals surface area contributed by atoms with E-state index in [0.717, 1.165) is 5.56 Å². The molecule has 1 fully saturated rings. The molecule has 1 aliphatic heterocycles. The molecule has 2 amide bonds. The van der Waals surface area contributed by atoms with Gasteiger partial charge in [-0.1, -0.05) is 44.2 Å². The number of likely N-dealkylation sites (tertiary alicyclic amines) is 1. The number of aliphatic carboxylic acids is 1. The maximum Gasteiger partial charge on any atom is 0.410 e. The normalized spacial score (nSPS) is 16.9. The van der Waals surface area contributed by atoms with E-state index < -0.39 is 35.4 Å². The quantitative estimate of drug-likeness (QED) is 0.647. The summed E-state index contributed by atoms with van der Waals surface area (Å²) in [5, 5.41) is 11.9. The van der Waals surface area contributed by atoms with Crippen molar-refractivity contribution in [1.29, 1.82) is 0 Å². The van der Waals surface area contributed by atoms with Gasteiger partial charge >= 0.3 is 18.2 Å². The van der Waals surface area contributed by atoms with Gasteiger partial charge in [-0.05, 0) is 38.7 Å². The van der Waals surface area contributed by atoms with E-state index in [1.54, 1.807) is 4.90 Å². The van der Waals surface area contributed by atoms with Gasteiger partial charge in [-0.3, -0.25) is 0 Å².